The number of pyridine rings is 1. The zero-order valence-electron chi connectivity index (χ0n) is 32.2. The van der Waals surface area contributed by atoms with Crippen molar-refractivity contribution in [2.45, 2.75) is 77.5 Å². The summed E-state index contributed by atoms with van der Waals surface area (Å²) in [5.74, 6) is 0.583. The van der Waals surface area contributed by atoms with Crippen LogP contribution in [-0.2, 0) is 38.5 Å². The van der Waals surface area contributed by atoms with Gasteiger partial charge in [-0.25, -0.2) is 9.37 Å². The van der Waals surface area contributed by atoms with Gasteiger partial charge in [0.05, 0.1) is 36.4 Å². The number of aryl methyl sites for hydroxylation is 3. The minimum atomic E-state index is -0.573. The monoisotopic (exact) mass is 749 g/mol. The Morgan fingerprint density at radius 1 is 0.982 bits per heavy atom. The molecular weight excluding hydrogens is 698 g/mol. The molecule has 0 spiro atoms. The molecule has 2 fully saturated rings. The van der Waals surface area contributed by atoms with E-state index in [4.69, 9.17) is 14.6 Å². The number of ether oxygens (including phenoxy) is 2. The second-order valence-corrected chi connectivity index (χ2v) is 15.1. The summed E-state index contributed by atoms with van der Waals surface area (Å²) in [6.45, 7) is 7.34. The molecule has 1 aliphatic carbocycles. The molecule has 4 heterocycles. The van der Waals surface area contributed by atoms with Gasteiger partial charge in [-0.05, 0) is 104 Å². The number of halogens is 1. The number of phenolic OH excluding ortho intramolecular Hbond substituents is 1. The first-order valence-electron chi connectivity index (χ1n) is 19.5. The van der Waals surface area contributed by atoms with Gasteiger partial charge in [-0.15, -0.1) is 0 Å². The summed E-state index contributed by atoms with van der Waals surface area (Å²) in [6.07, 6.45) is 9.40. The molecule has 1 saturated carbocycles. The minimum absolute atomic E-state index is 0.0967. The Labute approximate surface area is 322 Å². The summed E-state index contributed by atoms with van der Waals surface area (Å²) >= 11 is 0. The molecule has 2 aromatic carbocycles. The average Bonchev–Trinajstić information content (AvgIpc) is 3.74. The molecule has 0 amide bonds. The quantitative estimate of drug-likeness (QED) is 0.108. The maximum absolute atomic E-state index is 14.5. The molecule has 2 aliphatic rings. The molecule has 5 aromatic rings. The number of aromatic nitrogens is 5. The summed E-state index contributed by atoms with van der Waals surface area (Å²) in [7, 11) is 3.93. The SMILES string of the molecule is Cc1cc(CN(Cc2ccn(C)n2)C2CCC(CCCC(=O)c3cc(F)cnc3Oc3cccc(-c4ccc(O)cc4CN4CCOCC4)c3)CC2)nn1C. The molecule has 0 radical (unpaired) electrons. The second-order valence-electron chi connectivity index (χ2n) is 15.1. The molecule has 55 heavy (non-hydrogen) atoms. The van der Waals surface area contributed by atoms with E-state index in [9.17, 15) is 14.3 Å². The number of morpholine rings is 1. The Hall–Kier alpha value is -4.91. The van der Waals surface area contributed by atoms with E-state index in [0.717, 1.165) is 105 Å². The first kappa shape index (κ1) is 38.4. The van der Waals surface area contributed by atoms with Crippen LogP contribution in [0.15, 0.2) is 73.1 Å². The van der Waals surface area contributed by atoms with Gasteiger partial charge in [-0.2, -0.15) is 10.2 Å². The van der Waals surface area contributed by atoms with Gasteiger partial charge in [0.1, 0.15) is 17.3 Å². The molecule has 0 bridgehead atoms. The number of hydrogen-bond acceptors (Lipinski definition) is 9. The predicted molar refractivity (Wildman–Crippen MR) is 208 cm³/mol. The standard InChI is InChI=1S/C43H52FN7O4/c1-30-22-36(47-49(30)3)29-51(28-35-16-17-48(2)46-35)37-12-10-31(11-13-37)6-4-9-42(53)41-25-34(44)26-45-43(41)55-39-8-5-7-32(24-39)40-15-14-38(52)23-33(40)27-50-18-20-54-21-19-50/h5,7-8,14-17,22-26,31,37,52H,4,6,9-13,18-21,27-29H2,1-3H3. The number of Topliss-reactive ketones (excluding diaryl/α,β-unsaturated/α-hetero) is 1. The zero-order chi connectivity index (χ0) is 38.3. The van der Waals surface area contributed by atoms with E-state index in [1.54, 1.807) is 18.2 Å². The van der Waals surface area contributed by atoms with Crippen LogP contribution < -0.4 is 4.74 Å². The molecule has 11 nitrogen and oxygen atoms in total. The largest absolute Gasteiger partial charge is 0.508 e. The van der Waals surface area contributed by atoms with Crippen molar-refractivity contribution in [1.29, 1.82) is 0 Å². The molecule has 12 heteroatoms. The normalized spacial score (nSPS) is 17.8. The summed E-state index contributed by atoms with van der Waals surface area (Å²) in [6, 6.07) is 18.9. The van der Waals surface area contributed by atoms with Gasteiger partial charge in [0.2, 0.25) is 5.88 Å². The number of nitrogens with zero attached hydrogens (tertiary/aromatic N) is 7. The number of carbonyl (C=O) groups excluding carboxylic acids is 1. The molecule has 7 rings (SSSR count). The summed E-state index contributed by atoms with van der Waals surface area (Å²) in [5, 5.41) is 19.7. The van der Waals surface area contributed by atoms with Crippen LogP contribution in [0.2, 0.25) is 0 Å². The highest BCUT2D eigenvalue weighted by atomic mass is 19.1. The molecule has 0 atom stereocenters. The van der Waals surface area contributed by atoms with Crippen LogP contribution in [0.4, 0.5) is 4.39 Å². The van der Waals surface area contributed by atoms with Crippen molar-refractivity contribution in [2.75, 3.05) is 26.3 Å². The highest BCUT2D eigenvalue weighted by Gasteiger charge is 2.28. The van der Waals surface area contributed by atoms with Gasteiger partial charge in [-0.1, -0.05) is 24.6 Å². The van der Waals surface area contributed by atoms with Gasteiger partial charge in [0.25, 0.3) is 0 Å². The maximum atomic E-state index is 14.5. The first-order valence-corrected chi connectivity index (χ1v) is 19.5. The molecule has 290 valence electrons. The Bertz CT molecular complexity index is 2050. The number of hydrogen-bond donors (Lipinski definition) is 1. The van der Waals surface area contributed by atoms with E-state index >= 15 is 0 Å². The average molecular weight is 750 g/mol. The van der Waals surface area contributed by atoms with Crippen LogP contribution in [0.25, 0.3) is 11.1 Å². The van der Waals surface area contributed by atoms with Gasteiger partial charge in [0, 0.05) is 71.2 Å². The van der Waals surface area contributed by atoms with Crippen LogP contribution in [0.5, 0.6) is 17.4 Å². The number of benzene rings is 2. The van der Waals surface area contributed by atoms with Crippen molar-refractivity contribution in [3.63, 3.8) is 0 Å². The third kappa shape index (κ3) is 10.0. The lowest BCUT2D eigenvalue weighted by Crippen LogP contribution is -2.37. The topological polar surface area (TPSA) is 111 Å². The van der Waals surface area contributed by atoms with Gasteiger partial charge in [-0.3, -0.25) is 24.0 Å². The molecule has 1 aliphatic heterocycles. The van der Waals surface area contributed by atoms with Crippen molar-refractivity contribution < 1.29 is 23.8 Å². The lowest BCUT2D eigenvalue weighted by Gasteiger charge is -2.36. The van der Waals surface area contributed by atoms with Crippen LogP contribution in [0, 0.1) is 18.7 Å². The van der Waals surface area contributed by atoms with Crippen molar-refractivity contribution in [2.24, 2.45) is 20.0 Å². The Morgan fingerprint density at radius 2 is 1.78 bits per heavy atom. The third-order valence-electron chi connectivity index (χ3n) is 11.1. The fraction of sp³-hybridized carbons (Fsp3) is 0.442. The Balaban J connectivity index is 0.954. The van der Waals surface area contributed by atoms with Crippen LogP contribution in [0.1, 0.15) is 77.9 Å². The summed E-state index contributed by atoms with van der Waals surface area (Å²) in [4.78, 5) is 22.6. The van der Waals surface area contributed by atoms with Crippen LogP contribution in [0.3, 0.4) is 0 Å². The van der Waals surface area contributed by atoms with Crippen molar-refractivity contribution >= 4 is 5.78 Å². The summed E-state index contributed by atoms with van der Waals surface area (Å²) in [5.41, 5.74) is 6.29. The van der Waals surface area contributed by atoms with Gasteiger partial charge >= 0.3 is 0 Å². The number of phenols is 1. The first-order chi connectivity index (χ1) is 26.7. The fourth-order valence-electron chi connectivity index (χ4n) is 8.01. The highest BCUT2D eigenvalue weighted by Crippen LogP contribution is 2.35. The maximum Gasteiger partial charge on any atom is 0.230 e. The fourth-order valence-corrected chi connectivity index (χ4v) is 8.01. The van der Waals surface area contributed by atoms with Crippen molar-refractivity contribution in [1.82, 2.24) is 34.3 Å². The zero-order valence-corrected chi connectivity index (χ0v) is 32.2. The molecule has 1 saturated heterocycles. The smallest absolute Gasteiger partial charge is 0.230 e. The number of aromatic hydroxyl groups is 1. The number of carbonyl (C=O) groups is 1. The Morgan fingerprint density at radius 3 is 2.53 bits per heavy atom. The third-order valence-corrected chi connectivity index (χ3v) is 11.1. The van der Waals surface area contributed by atoms with Crippen LogP contribution in [-0.4, -0.2) is 77.6 Å². The van der Waals surface area contributed by atoms with Crippen molar-refractivity contribution in [3.05, 3.63) is 107 Å². The number of rotatable bonds is 15. The lowest BCUT2D eigenvalue weighted by molar-refractivity contribution is 0.0342. The summed E-state index contributed by atoms with van der Waals surface area (Å²) < 4.78 is 30.0. The van der Waals surface area contributed by atoms with E-state index in [1.165, 1.54) is 6.07 Å². The minimum Gasteiger partial charge on any atom is -0.508 e. The number of ketones is 1. The van der Waals surface area contributed by atoms with E-state index in [1.807, 2.05) is 53.9 Å². The highest BCUT2D eigenvalue weighted by molar-refractivity contribution is 5.98. The lowest BCUT2D eigenvalue weighted by atomic mass is 9.82. The van der Waals surface area contributed by atoms with E-state index in [-0.39, 0.29) is 23.0 Å². The van der Waals surface area contributed by atoms with E-state index < -0.39 is 5.82 Å². The molecule has 0 unspecified atom stereocenters. The van der Waals surface area contributed by atoms with Gasteiger partial charge < -0.3 is 14.6 Å². The van der Waals surface area contributed by atoms with E-state index in [2.05, 4.69) is 38.9 Å². The predicted octanol–water partition coefficient (Wildman–Crippen LogP) is 7.61. The van der Waals surface area contributed by atoms with E-state index in [0.29, 0.717) is 43.9 Å². The molecule has 1 N–H and O–H groups in total. The molecule has 3 aromatic heterocycles. The van der Waals surface area contributed by atoms with Crippen LogP contribution >= 0.6 is 0 Å². The molecular formula is C43H52FN7O4. The van der Waals surface area contributed by atoms with Crippen molar-refractivity contribution in [3.8, 4) is 28.5 Å². The Kier molecular flexibility index (Phi) is 12.3. The second kappa shape index (κ2) is 17.7. The van der Waals surface area contributed by atoms with Gasteiger partial charge in [0.15, 0.2) is 5.78 Å².